The van der Waals surface area contributed by atoms with Gasteiger partial charge < -0.3 is 14.8 Å². The van der Waals surface area contributed by atoms with Crippen molar-refractivity contribution in [2.75, 3.05) is 32.9 Å². The molecule has 3 heteroatoms. The zero-order valence-corrected chi connectivity index (χ0v) is 9.64. The molecule has 14 heavy (non-hydrogen) atoms. The average molecular weight is 201 g/mol. The number of rotatable bonds is 6. The van der Waals surface area contributed by atoms with Gasteiger partial charge in [0.05, 0.1) is 12.2 Å². The lowest BCUT2D eigenvalue weighted by Crippen LogP contribution is -2.39. The topological polar surface area (TPSA) is 30.5 Å². The van der Waals surface area contributed by atoms with Gasteiger partial charge in [0.1, 0.15) is 0 Å². The summed E-state index contributed by atoms with van der Waals surface area (Å²) >= 11 is 0. The summed E-state index contributed by atoms with van der Waals surface area (Å²) in [6.07, 6.45) is 1.20. The highest BCUT2D eigenvalue weighted by Gasteiger charge is 2.19. The zero-order chi connectivity index (χ0) is 10.4. The van der Waals surface area contributed by atoms with E-state index in [4.69, 9.17) is 9.47 Å². The van der Waals surface area contributed by atoms with Gasteiger partial charge in [-0.25, -0.2) is 0 Å². The van der Waals surface area contributed by atoms with Gasteiger partial charge in [-0.05, 0) is 33.1 Å². The molecule has 0 aromatic carbocycles. The quantitative estimate of drug-likeness (QED) is 0.705. The van der Waals surface area contributed by atoms with E-state index in [1.165, 1.54) is 6.42 Å². The smallest absolute Gasteiger partial charge is 0.0750 e. The van der Waals surface area contributed by atoms with Crippen LogP contribution in [-0.2, 0) is 9.47 Å². The third-order valence-electron chi connectivity index (χ3n) is 2.54. The molecule has 0 aromatic heterocycles. The van der Waals surface area contributed by atoms with E-state index in [9.17, 15) is 0 Å². The molecule has 1 saturated heterocycles. The number of hydrogen-bond acceptors (Lipinski definition) is 3. The van der Waals surface area contributed by atoms with Crippen LogP contribution in [0.1, 0.15) is 27.2 Å². The highest BCUT2D eigenvalue weighted by molar-refractivity contribution is 4.74. The molecule has 0 spiro atoms. The molecule has 1 aliphatic heterocycles. The molecule has 0 aromatic rings. The van der Waals surface area contributed by atoms with Crippen molar-refractivity contribution >= 4 is 0 Å². The largest absolute Gasteiger partial charge is 0.381 e. The summed E-state index contributed by atoms with van der Waals surface area (Å²) in [5.41, 5.74) is -0.0474. The maximum absolute atomic E-state index is 5.60. The molecule has 1 heterocycles. The summed E-state index contributed by atoms with van der Waals surface area (Å²) in [6.45, 7) is 10.9. The molecule has 0 aliphatic carbocycles. The Hall–Kier alpha value is -0.120. The molecule has 0 saturated carbocycles. The Morgan fingerprint density at radius 1 is 1.50 bits per heavy atom. The van der Waals surface area contributed by atoms with Gasteiger partial charge in [0.2, 0.25) is 0 Å². The first-order chi connectivity index (χ1) is 6.64. The van der Waals surface area contributed by atoms with E-state index >= 15 is 0 Å². The maximum atomic E-state index is 5.60. The molecule has 0 bridgehead atoms. The van der Waals surface area contributed by atoms with Crippen molar-refractivity contribution in [3.63, 3.8) is 0 Å². The van der Waals surface area contributed by atoms with Gasteiger partial charge in [-0.2, -0.15) is 0 Å². The second-order valence-electron chi connectivity index (χ2n) is 4.55. The van der Waals surface area contributed by atoms with Crippen LogP contribution in [0.25, 0.3) is 0 Å². The molecule has 0 radical (unpaired) electrons. The minimum absolute atomic E-state index is 0.0474. The number of ether oxygens (including phenoxy) is 2. The molecular weight excluding hydrogens is 178 g/mol. The van der Waals surface area contributed by atoms with Crippen molar-refractivity contribution < 1.29 is 9.47 Å². The molecule has 1 unspecified atom stereocenters. The Morgan fingerprint density at radius 2 is 2.29 bits per heavy atom. The van der Waals surface area contributed by atoms with Gasteiger partial charge in [-0.3, -0.25) is 0 Å². The van der Waals surface area contributed by atoms with Crippen LogP contribution < -0.4 is 5.32 Å². The molecule has 1 N–H and O–H groups in total. The lowest BCUT2D eigenvalue weighted by molar-refractivity contribution is -0.00927. The van der Waals surface area contributed by atoms with E-state index < -0.39 is 0 Å². The minimum atomic E-state index is -0.0474. The molecule has 1 rings (SSSR count). The van der Waals surface area contributed by atoms with E-state index in [-0.39, 0.29) is 5.60 Å². The Morgan fingerprint density at radius 3 is 2.86 bits per heavy atom. The molecule has 0 amide bonds. The van der Waals surface area contributed by atoms with Crippen molar-refractivity contribution in [1.82, 2.24) is 5.32 Å². The van der Waals surface area contributed by atoms with E-state index in [1.54, 1.807) is 0 Å². The van der Waals surface area contributed by atoms with Crippen LogP contribution in [0.5, 0.6) is 0 Å². The van der Waals surface area contributed by atoms with Crippen LogP contribution >= 0.6 is 0 Å². The molecule has 3 nitrogen and oxygen atoms in total. The third kappa shape index (κ3) is 4.40. The Balaban J connectivity index is 2.07. The first-order valence-electron chi connectivity index (χ1n) is 5.56. The Labute approximate surface area is 87.2 Å². The summed E-state index contributed by atoms with van der Waals surface area (Å²) in [7, 11) is 0. The standard InChI is InChI=1S/C11H23NO2/c1-4-14-11(2,3)9-12-7-10-5-6-13-8-10/h10,12H,4-9H2,1-3H3. The predicted octanol–water partition coefficient (Wildman–Crippen LogP) is 1.43. The van der Waals surface area contributed by atoms with Gasteiger partial charge in [-0.15, -0.1) is 0 Å². The van der Waals surface area contributed by atoms with Gasteiger partial charge in [0.25, 0.3) is 0 Å². The maximum Gasteiger partial charge on any atom is 0.0750 e. The normalized spacial score (nSPS) is 22.9. The fraction of sp³-hybridized carbons (Fsp3) is 1.00. The monoisotopic (exact) mass is 201 g/mol. The lowest BCUT2D eigenvalue weighted by Gasteiger charge is -2.25. The van der Waals surface area contributed by atoms with Crippen LogP contribution in [-0.4, -0.2) is 38.5 Å². The molecule has 1 atom stereocenters. The summed E-state index contributed by atoms with van der Waals surface area (Å²) in [6, 6.07) is 0. The van der Waals surface area contributed by atoms with E-state index in [1.807, 2.05) is 6.92 Å². The van der Waals surface area contributed by atoms with Crippen LogP contribution in [0, 0.1) is 5.92 Å². The van der Waals surface area contributed by atoms with Crippen molar-refractivity contribution in [2.24, 2.45) is 5.92 Å². The van der Waals surface area contributed by atoms with Crippen LogP contribution in [0.4, 0.5) is 0 Å². The van der Waals surface area contributed by atoms with Crippen LogP contribution in [0.2, 0.25) is 0 Å². The van der Waals surface area contributed by atoms with Crippen LogP contribution in [0.15, 0.2) is 0 Å². The van der Waals surface area contributed by atoms with Crippen molar-refractivity contribution in [2.45, 2.75) is 32.8 Å². The first-order valence-corrected chi connectivity index (χ1v) is 5.56. The summed E-state index contributed by atoms with van der Waals surface area (Å²) in [5, 5.41) is 3.45. The highest BCUT2D eigenvalue weighted by atomic mass is 16.5. The summed E-state index contributed by atoms with van der Waals surface area (Å²) in [4.78, 5) is 0. The van der Waals surface area contributed by atoms with Gasteiger partial charge >= 0.3 is 0 Å². The van der Waals surface area contributed by atoms with Crippen molar-refractivity contribution in [3.05, 3.63) is 0 Å². The fourth-order valence-electron chi connectivity index (χ4n) is 1.76. The predicted molar refractivity (Wildman–Crippen MR) is 57.5 cm³/mol. The zero-order valence-electron chi connectivity index (χ0n) is 9.64. The van der Waals surface area contributed by atoms with E-state index in [0.717, 1.165) is 32.9 Å². The van der Waals surface area contributed by atoms with Crippen molar-refractivity contribution in [1.29, 1.82) is 0 Å². The molecule has 1 aliphatic rings. The van der Waals surface area contributed by atoms with Gasteiger partial charge in [-0.1, -0.05) is 0 Å². The molecule has 84 valence electrons. The first kappa shape index (κ1) is 12.0. The second kappa shape index (κ2) is 5.69. The summed E-state index contributed by atoms with van der Waals surface area (Å²) in [5.74, 6) is 0.701. The fourth-order valence-corrected chi connectivity index (χ4v) is 1.76. The third-order valence-corrected chi connectivity index (χ3v) is 2.54. The Bertz CT molecular complexity index is 153. The number of nitrogens with one attached hydrogen (secondary N) is 1. The molecular formula is C11H23NO2. The Kier molecular flexibility index (Phi) is 4.85. The average Bonchev–Trinajstić information content (AvgIpc) is 2.56. The SMILES string of the molecule is CCOC(C)(C)CNCC1CCOC1. The highest BCUT2D eigenvalue weighted by Crippen LogP contribution is 2.12. The van der Waals surface area contributed by atoms with E-state index in [2.05, 4.69) is 19.2 Å². The van der Waals surface area contributed by atoms with E-state index in [0.29, 0.717) is 5.92 Å². The summed E-state index contributed by atoms with van der Waals surface area (Å²) < 4.78 is 10.9. The second-order valence-corrected chi connectivity index (χ2v) is 4.55. The van der Waals surface area contributed by atoms with Gasteiger partial charge in [0, 0.05) is 26.3 Å². The number of hydrogen-bond donors (Lipinski definition) is 1. The van der Waals surface area contributed by atoms with Crippen molar-refractivity contribution in [3.8, 4) is 0 Å². The lowest BCUT2D eigenvalue weighted by atomic mass is 10.1. The molecule has 1 fully saturated rings. The van der Waals surface area contributed by atoms with Crippen LogP contribution in [0.3, 0.4) is 0 Å². The minimum Gasteiger partial charge on any atom is -0.381 e. The van der Waals surface area contributed by atoms with Gasteiger partial charge in [0.15, 0.2) is 0 Å².